The largest absolute Gasteiger partial charge is 0.493 e. The van der Waals surface area contributed by atoms with Gasteiger partial charge in [0.05, 0.1) is 19.8 Å². The molecule has 1 aliphatic rings. The van der Waals surface area contributed by atoms with E-state index in [1.165, 1.54) is 20.1 Å². The van der Waals surface area contributed by atoms with Gasteiger partial charge in [0, 0.05) is 25.0 Å². The molecule has 146 valence electrons. The van der Waals surface area contributed by atoms with Gasteiger partial charge >= 0.3 is 5.97 Å². The van der Waals surface area contributed by atoms with E-state index in [4.69, 9.17) is 14.2 Å². The fourth-order valence-corrected chi connectivity index (χ4v) is 3.08. The van der Waals surface area contributed by atoms with Gasteiger partial charge in [-0.2, -0.15) is 0 Å². The van der Waals surface area contributed by atoms with Crippen LogP contribution in [0.4, 0.5) is 0 Å². The topological polar surface area (TPSA) is 73.9 Å². The van der Waals surface area contributed by atoms with E-state index in [-0.39, 0.29) is 11.9 Å². The maximum absolute atomic E-state index is 12.4. The second kappa shape index (κ2) is 8.61. The van der Waals surface area contributed by atoms with E-state index in [2.05, 4.69) is 5.32 Å². The van der Waals surface area contributed by atoms with Gasteiger partial charge in [-0.3, -0.25) is 9.59 Å². The first-order chi connectivity index (χ1) is 13.5. The smallest absolute Gasteiger partial charge is 0.308 e. The van der Waals surface area contributed by atoms with Gasteiger partial charge in [-0.25, -0.2) is 0 Å². The van der Waals surface area contributed by atoms with Crippen LogP contribution in [0.1, 0.15) is 36.1 Å². The minimum Gasteiger partial charge on any atom is -0.493 e. The number of hydrogen-bond acceptors (Lipinski definition) is 5. The van der Waals surface area contributed by atoms with Crippen molar-refractivity contribution in [3.63, 3.8) is 0 Å². The van der Waals surface area contributed by atoms with Crippen molar-refractivity contribution in [2.45, 2.75) is 26.3 Å². The number of esters is 1. The molecule has 1 aliphatic heterocycles. The summed E-state index contributed by atoms with van der Waals surface area (Å²) in [5.41, 5.74) is 2.88. The van der Waals surface area contributed by atoms with E-state index in [9.17, 15) is 9.59 Å². The van der Waals surface area contributed by atoms with Gasteiger partial charge in [-0.1, -0.05) is 23.8 Å². The van der Waals surface area contributed by atoms with Crippen LogP contribution >= 0.6 is 0 Å². The lowest BCUT2D eigenvalue weighted by molar-refractivity contribution is -0.132. The molecule has 0 aliphatic carbocycles. The number of nitrogens with one attached hydrogen (secondary N) is 1. The average Bonchev–Trinajstić information content (AvgIpc) is 2.67. The minimum atomic E-state index is -0.423. The van der Waals surface area contributed by atoms with Crippen molar-refractivity contribution in [1.29, 1.82) is 0 Å². The second-order valence-corrected chi connectivity index (χ2v) is 6.58. The van der Waals surface area contributed by atoms with E-state index < -0.39 is 5.97 Å². The monoisotopic (exact) mass is 381 g/mol. The van der Waals surface area contributed by atoms with Crippen LogP contribution in [0.25, 0.3) is 6.08 Å². The van der Waals surface area contributed by atoms with Crippen LogP contribution < -0.4 is 19.5 Å². The molecule has 6 nitrogen and oxygen atoms in total. The molecular formula is C22H23NO5. The molecule has 28 heavy (non-hydrogen) atoms. The summed E-state index contributed by atoms with van der Waals surface area (Å²) in [4.78, 5) is 23.5. The normalized spacial score (nSPS) is 15.5. The number of ether oxygens (including phenoxy) is 3. The third-order valence-corrected chi connectivity index (χ3v) is 4.39. The van der Waals surface area contributed by atoms with Crippen LogP contribution in [0.15, 0.2) is 42.5 Å². The first-order valence-corrected chi connectivity index (χ1v) is 9.04. The summed E-state index contributed by atoms with van der Waals surface area (Å²) in [5.74, 6) is 0.963. The molecule has 1 unspecified atom stereocenters. The van der Waals surface area contributed by atoms with Crippen molar-refractivity contribution < 1.29 is 23.8 Å². The number of benzene rings is 2. The molecule has 6 heteroatoms. The zero-order chi connectivity index (χ0) is 20.1. The Kier molecular flexibility index (Phi) is 5.99. The predicted molar refractivity (Wildman–Crippen MR) is 106 cm³/mol. The lowest BCUT2D eigenvalue weighted by atomic mass is 9.98. The fourth-order valence-electron chi connectivity index (χ4n) is 3.08. The Bertz CT molecular complexity index is 919. The molecule has 3 rings (SSSR count). The van der Waals surface area contributed by atoms with E-state index >= 15 is 0 Å². The number of rotatable bonds is 5. The summed E-state index contributed by atoms with van der Waals surface area (Å²) < 4.78 is 16.0. The van der Waals surface area contributed by atoms with Crippen LogP contribution in [0.5, 0.6) is 17.2 Å². The molecule has 0 saturated carbocycles. The molecule has 0 radical (unpaired) electrons. The molecular weight excluding hydrogens is 358 g/mol. The maximum Gasteiger partial charge on any atom is 0.308 e. The third kappa shape index (κ3) is 4.71. The van der Waals surface area contributed by atoms with E-state index in [0.717, 1.165) is 28.9 Å². The highest BCUT2D eigenvalue weighted by molar-refractivity contribution is 5.92. The van der Waals surface area contributed by atoms with Crippen LogP contribution in [0, 0.1) is 6.92 Å². The Morgan fingerprint density at radius 2 is 2.00 bits per heavy atom. The Balaban J connectivity index is 1.70. The molecule has 0 spiro atoms. The van der Waals surface area contributed by atoms with Crippen molar-refractivity contribution in [3.05, 3.63) is 59.2 Å². The van der Waals surface area contributed by atoms with Crippen molar-refractivity contribution in [3.8, 4) is 17.2 Å². The van der Waals surface area contributed by atoms with Gasteiger partial charge < -0.3 is 19.5 Å². The quantitative estimate of drug-likeness (QED) is 0.487. The highest BCUT2D eigenvalue weighted by atomic mass is 16.6. The van der Waals surface area contributed by atoms with E-state index in [0.29, 0.717) is 18.1 Å². The third-order valence-electron chi connectivity index (χ3n) is 4.39. The number of carbonyl (C=O) groups is 2. The predicted octanol–water partition coefficient (Wildman–Crippen LogP) is 3.58. The Hall–Kier alpha value is -3.28. The Morgan fingerprint density at radius 1 is 1.18 bits per heavy atom. The lowest BCUT2D eigenvalue weighted by Gasteiger charge is -2.26. The second-order valence-electron chi connectivity index (χ2n) is 6.58. The van der Waals surface area contributed by atoms with Gasteiger partial charge in [0.2, 0.25) is 5.91 Å². The number of methoxy groups -OCH3 is 1. The summed E-state index contributed by atoms with van der Waals surface area (Å²) in [6.07, 6.45) is 3.89. The molecule has 0 saturated heterocycles. The van der Waals surface area contributed by atoms with Crippen LogP contribution in [0.3, 0.4) is 0 Å². The van der Waals surface area contributed by atoms with Gasteiger partial charge in [0.1, 0.15) is 5.75 Å². The molecule has 1 N–H and O–H groups in total. The molecule has 1 heterocycles. The summed E-state index contributed by atoms with van der Waals surface area (Å²) in [7, 11) is 1.49. The average molecular weight is 381 g/mol. The van der Waals surface area contributed by atoms with Gasteiger partial charge in [0.25, 0.3) is 0 Å². The van der Waals surface area contributed by atoms with E-state index in [1.807, 2.05) is 25.1 Å². The molecule has 2 aromatic rings. The number of hydrogen-bond donors (Lipinski definition) is 1. The summed E-state index contributed by atoms with van der Waals surface area (Å²) in [6, 6.07) is 11.0. The van der Waals surface area contributed by atoms with Crippen molar-refractivity contribution in [1.82, 2.24) is 5.32 Å². The first-order valence-electron chi connectivity index (χ1n) is 9.04. The fraction of sp³-hybridized carbons (Fsp3) is 0.273. The molecule has 2 aromatic carbocycles. The highest BCUT2D eigenvalue weighted by Gasteiger charge is 2.22. The SMILES string of the molecule is COc1cc(/C=C/C(=O)NC2CCOc3ccc(C)cc32)ccc1OC(C)=O. The van der Waals surface area contributed by atoms with Crippen molar-refractivity contribution >= 4 is 18.0 Å². The van der Waals surface area contributed by atoms with E-state index in [1.54, 1.807) is 24.3 Å². The zero-order valence-electron chi connectivity index (χ0n) is 16.2. The van der Waals surface area contributed by atoms with Crippen LogP contribution in [0.2, 0.25) is 0 Å². The Labute approximate surface area is 164 Å². The number of amides is 1. The van der Waals surface area contributed by atoms with Gasteiger partial charge in [-0.05, 0) is 36.8 Å². The lowest BCUT2D eigenvalue weighted by Crippen LogP contribution is -2.31. The molecule has 0 fully saturated rings. The van der Waals surface area contributed by atoms with Crippen molar-refractivity contribution in [2.75, 3.05) is 13.7 Å². The maximum atomic E-state index is 12.4. The molecule has 0 aromatic heterocycles. The summed E-state index contributed by atoms with van der Waals surface area (Å²) in [5, 5.41) is 3.03. The van der Waals surface area contributed by atoms with Crippen LogP contribution in [-0.4, -0.2) is 25.6 Å². The Morgan fingerprint density at radius 3 is 2.75 bits per heavy atom. The number of fused-ring (bicyclic) bond motifs is 1. The summed E-state index contributed by atoms with van der Waals surface area (Å²) >= 11 is 0. The molecule has 0 bridgehead atoms. The summed E-state index contributed by atoms with van der Waals surface area (Å²) in [6.45, 7) is 3.91. The van der Waals surface area contributed by atoms with Crippen LogP contribution in [-0.2, 0) is 9.59 Å². The van der Waals surface area contributed by atoms with Crippen molar-refractivity contribution in [2.24, 2.45) is 0 Å². The number of carbonyl (C=O) groups excluding carboxylic acids is 2. The molecule has 1 atom stereocenters. The van der Waals surface area contributed by atoms with Gasteiger partial charge in [0.15, 0.2) is 11.5 Å². The number of aryl methyl sites for hydroxylation is 1. The molecule has 1 amide bonds. The minimum absolute atomic E-state index is 0.0818. The highest BCUT2D eigenvalue weighted by Crippen LogP contribution is 2.33. The standard InChI is InChI=1S/C22H23NO5/c1-14-4-7-19-17(12-14)18(10-11-27-19)23-22(25)9-6-16-5-8-20(28-15(2)24)21(13-16)26-3/h4-9,12-13,18H,10-11H2,1-3H3,(H,23,25)/b9-6+. The first kappa shape index (κ1) is 19.5. The van der Waals surface area contributed by atoms with Gasteiger partial charge in [-0.15, -0.1) is 0 Å². The zero-order valence-corrected chi connectivity index (χ0v) is 16.2.